The molecule has 0 aromatic heterocycles. The number of carbonyl (C=O) groups is 1. The van der Waals surface area contributed by atoms with Gasteiger partial charge in [0.2, 0.25) is 5.91 Å². The van der Waals surface area contributed by atoms with E-state index in [4.69, 9.17) is 0 Å². The van der Waals surface area contributed by atoms with Crippen LogP contribution in [0.4, 0.5) is 0 Å². The van der Waals surface area contributed by atoms with E-state index >= 15 is 0 Å². The molecule has 12 heavy (non-hydrogen) atoms. The van der Waals surface area contributed by atoms with Crippen LogP contribution in [-0.2, 0) is 4.79 Å². The van der Waals surface area contributed by atoms with Gasteiger partial charge in [-0.25, -0.2) is 0 Å². The lowest BCUT2D eigenvalue weighted by molar-refractivity contribution is -0.131. The Morgan fingerprint density at radius 3 is 2.42 bits per heavy atom. The highest BCUT2D eigenvalue weighted by Gasteiger charge is 2.11. The Kier molecular flexibility index (Phi) is 3.66. The molecule has 0 saturated heterocycles. The van der Waals surface area contributed by atoms with Crippen LogP contribution in [0.15, 0.2) is 0 Å². The summed E-state index contributed by atoms with van der Waals surface area (Å²) in [6.07, 6.45) is 3.31. The van der Waals surface area contributed by atoms with E-state index in [0.29, 0.717) is 6.42 Å². The first-order chi connectivity index (χ1) is 5.84. The molecular formula is C10H15NO. The number of rotatable bonds is 2. The van der Waals surface area contributed by atoms with Gasteiger partial charge in [0.05, 0.1) is 0 Å². The van der Waals surface area contributed by atoms with E-state index in [1.807, 2.05) is 11.8 Å². The molecule has 66 valence electrons. The molecule has 0 N–H and O–H groups in total. The molecule has 0 unspecified atom stereocenters. The van der Waals surface area contributed by atoms with Crippen LogP contribution >= 0.6 is 0 Å². The van der Waals surface area contributed by atoms with Gasteiger partial charge in [-0.1, -0.05) is 6.92 Å². The Bertz CT molecular complexity index is 200. The Morgan fingerprint density at radius 1 is 1.33 bits per heavy atom. The third-order valence-electron chi connectivity index (χ3n) is 1.96. The highest BCUT2D eigenvalue weighted by atomic mass is 16.2. The summed E-state index contributed by atoms with van der Waals surface area (Å²) in [5.74, 6) is 6.34. The second kappa shape index (κ2) is 4.82. The molecule has 1 rings (SSSR count). The van der Waals surface area contributed by atoms with Gasteiger partial charge in [0.1, 0.15) is 0 Å². The topological polar surface area (TPSA) is 20.3 Å². The van der Waals surface area contributed by atoms with Crippen molar-refractivity contribution in [3.05, 3.63) is 0 Å². The number of hydrogen-bond donors (Lipinski definition) is 0. The van der Waals surface area contributed by atoms with Crippen LogP contribution in [0.5, 0.6) is 0 Å². The summed E-state index contributed by atoms with van der Waals surface area (Å²) in [5, 5.41) is 0. The van der Waals surface area contributed by atoms with Crippen molar-refractivity contribution in [2.45, 2.75) is 32.6 Å². The Hall–Kier alpha value is -0.970. The van der Waals surface area contributed by atoms with Gasteiger partial charge >= 0.3 is 0 Å². The third kappa shape index (κ3) is 2.58. The first-order valence-corrected chi connectivity index (χ1v) is 4.58. The standard InChI is InChI=1S/C10H15NO/c1-2-7-10(12)11-8-5-3-4-6-9-11/h2,5-9H2,1H3. The molecule has 1 aliphatic rings. The van der Waals surface area contributed by atoms with Gasteiger partial charge in [-0.05, 0) is 6.42 Å². The zero-order valence-corrected chi connectivity index (χ0v) is 7.60. The summed E-state index contributed by atoms with van der Waals surface area (Å²) in [5.41, 5.74) is 0. The van der Waals surface area contributed by atoms with E-state index in [1.165, 1.54) is 0 Å². The SMILES string of the molecule is CCCC(=O)N1CCC#CCC1. The maximum atomic E-state index is 11.4. The maximum Gasteiger partial charge on any atom is 0.222 e. The normalized spacial score (nSPS) is 16.2. The molecule has 0 bridgehead atoms. The summed E-state index contributed by atoms with van der Waals surface area (Å²) in [6, 6.07) is 0. The van der Waals surface area contributed by atoms with E-state index < -0.39 is 0 Å². The van der Waals surface area contributed by atoms with E-state index in [0.717, 1.165) is 32.4 Å². The first kappa shape index (κ1) is 9.12. The Balaban J connectivity index is 2.36. The fourth-order valence-electron chi connectivity index (χ4n) is 1.29. The van der Waals surface area contributed by atoms with Crippen molar-refractivity contribution in [2.75, 3.05) is 13.1 Å². The lowest BCUT2D eigenvalue weighted by Gasteiger charge is -2.19. The molecule has 1 heterocycles. The monoisotopic (exact) mass is 165 g/mol. The minimum absolute atomic E-state index is 0.281. The van der Waals surface area contributed by atoms with Crippen molar-refractivity contribution in [3.8, 4) is 11.8 Å². The van der Waals surface area contributed by atoms with E-state index in [2.05, 4.69) is 11.8 Å². The maximum absolute atomic E-state index is 11.4. The summed E-state index contributed by atoms with van der Waals surface area (Å²) in [4.78, 5) is 13.3. The third-order valence-corrected chi connectivity index (χ3v) is 1.96. The Morgan fingerprint density at radius 2 is 1.92 bits per heavy atom. The zero-order valence-electron chi connectivity index (χ0n) is 7.60. The second-order valence-corrected chi connectivity index (χ2v) is 2.98. The molecule has 0 radical (unpaired) electrons. The lowest BCUT2D eigenvalue weighted by atomic mass is 10.3. The molecule has 0 spiro atoms. The predicted octanol–water partition coefficient (Wildman–Crippen LogP) is 1.41. The van der Waals surface area contributed by atoms with Gasteiger partial charge in [-0.2, -0.15) is 0 Å². The van der Waals surface area contributed by atoms with Crippen molar-refractivity contribution in [1.29, 1.82) is 0 Å². The van der Waals surface area contributed by atoms with Gasteiger partial charge in [-0.3, -0.25) is 4.79 Å². The van der Waals surface area contributed by atoms with Gasteiger partial charge in [0, 0.05) is 32.4 Å². The average molecular weight is 165 g/mol. The molecule has 0 aliphatic carbocycles. The van der Waals surface area contributed by atoms with Crippen molar-refractivity contribution in [2.24, 2.45) is 0 Å². The minimum atomic E-state index is 0.281. The fourth-order valence-corrected chi connectivity index (χ4v) is 1.29. The van der Waals surface area contributed by atoms with Crippen LogP contribution in [0.25, 0.3) is 0 Å². The molecule has 0 atom stereocenters. The largest absolute Gasteiger partial charge is 0.341 e. The van der Waals surface area contributed by atoms with Crippen LogP contribution < -0.4 is 0 Å². The average Bonchev–Trinajstić information content (AvgIpc) is 2.32. The van der Waals surface area contributed by atoms with Crippen molar-refractivity contribution >= 4 is 5.91 Å². The van der Waals surface area contributed by atoms with Crippen molar-refractivity contribution in [3.63, 3.8) is 0 Å². The molecule has 0 fully saturated rings. The molecule has 0 aromatic carbocycles. The van der Waals surface area contributed by atoms with Crippen LogP contribution in [0.3, 0.4) is 0 Å². The summed E-state index contributed by atoms with van der Waals surface area (Å²) >= 11 is 0. The highest BCUT2D eigenvalue weighted by Crippen LogP contribution is 2.02. The highest BCUT2D eigenvalue weighted by molar-refractivity contribution is 5.76. The van der Waals surface area contributed by atoms with E-state index in [1.54, 1.807) is 0 Å². The first-order valence-electron chi connectivity index (χ1n) is 4.58. The molecule has 2 nitrogen and oxygen atoms in total. The molecule has 1 amide bonds. The van der Waals surface area contributed by atoms with Gasteiger partial charge in [0.15, 0.2) is 0 Å². The van der Waals surface area contributed by atoms with Crippen molar-refractivity contribution in [1.82, 2.24) is 4.90 Å². The number of hydrogen-bond acceptors (Lipinski definition) is 1. The number of carbonyl (C=O) groups excluding carboxylic acids is 1. The summed E-state index contributed by atoms with van der Waals surface area (Å²) < 4.78 is 0. The summed E-state index contributed by atoms with van der Waals surface area (Å²) in [6.45, 7) is 3.68. The van der Waals surface area contributed by atoms with Crippen LogP contribution in [0, 0.1) is 11.8 Å². The fraction of sp³-hybridized carbons (Fsp3) is 0.700. The predicted molar refractivity (Wildman–Crippen MR) is 48.5 cm³/mol. The smallest absolute Gasteiger partial charge is 0.222 e. The number of nitrogens with zero attached hydrogens (tertiary/aromatic N) is 1. The number of amides is 1. The van der Waals surface area contributed by atoms with Gasteiger partial charge in [-0.15, -0.1) is 11.8 Å². The summed E-state index contributed by atoms with van der Waals surface area (Å²) in [7, 11) is 0. The zero-order chi connectivity index (χ0) is 8.81. The second-order valence-electron chi connectivity index (χ2n) is 2.98. The van der Waals surface area contributed by atoms with Gasteiger partial charge < -0.3 is 4.90 Å². The molecule has 0 saturated carbocycles. The van der Waals surface area contributed by atoms with E-state index in [-0.39, 0.29) is 5.91 Å². The van der Waals surface area contributed by atoms with Crippen LogP contribution in [0.2, 0.25) is 0 Å². The quantitative estimate of drug-likeness (QED) is 0.566. The molecule has 0 aromatic rings. The van der Waals surface area contributed by atoms with Crippen molar-refractivity contribution < 1.29 is 4.79 Å². The lowest BCUT2D eigenvalue weighted by Crippen LogP contribution is -2.31. The molecule has 2 heteroatoms. The molecule has 1 aliphatic heterocycles. The Labute approximate surface area is 73.9 Å². The van der Waals surface area contributed by atoms with Crippen LogP contribution in [-0.4, -0.2) is 23.9 Å². The molecular weight excluding hydrogens is 150 g/mol. The minimum Gasteiger partial charge on any atom is -0.341 e. The van der Waals surface area contributed by atoms with Crippen LogP contribution in [0.1, 0.15) is 32.6 Å². The van der Waals surface area contributed by atoms with E-state index in [9.17, 15) is 4.79 Å². The van der Waals surface area contributed by atoms with Gasteiger partial charge in [0.25, 0.3) is 0 Å².